The van der Waals surface area contributed by atoms with Crippen LogP contribution in [-0.4, -0.2) is 19.6 Å². The Labute approximate surface area is 308 Å². The summed E-state index contributed by atoms with van der Waals surface area (Å²) in [4.78, 5) is 10.4. The summed E-state index contributed by atoms with van der Waals surface area (Å²) in [5.74, 6) is 0.688. The fourth-order valence-corrected chi connectivity index (χ4v) is 8.60. The lowest BCUT2D eigenvalue weighted by Crippen LogP contribution is -1.93. The standard InChI is InChI=1S/C47H28N4OS/c1-3-11-29(12-4-1)35-27-38(32-13-5-2-6-14-32)47-49-46(50-51(47)28-35)34-25-21-31(22-26-34)30-19-23-33(24-20-30)42-41-36-15-7-9-17-39(36)52-44(41)45-43(48-42)37-16-8-10-18-40(37)53-45/h1-28H. The minimum atomic E-state index is 0.688. The molecule has 11 aromatic rings. The fraction of sp³-hybridized carbons (Fsp3) is 0. The topological polar surface area (TPSA) is 56.2 Å². The maximum absolute atomic E-state index is 6.53. The van der Waals surface area contributed by atoms with Gasteiger partial charge in [-0.15, -0.1) is 16.4 Å². The quantitative estimate of drug-likeness (QED) is 0.180. The van der Waals surface area contributed by atoms with E-state index in [9.17, 15) is 0 Å². The van der Waals surface area contributed by atoms with Crippen LogP contribution in [0, 0.1) is 0 Å². The Morgan fingerprint density at radius 1 is 0.509 bits per heavy atom. The second-order valence-corrected chi connectivity index (χ2v) is 14.3. The Morgan fingerprint density at radius 2 is 1.11 bits per heavy atom. The van der Waals surface area contributed by atoms with Gasteiger partial charge in [-0.25, -0.2) is 14.5 Å². The first-order valence-electron chi connectivity index (χ1n) is 17.6. The second-order valence-electron chi connectivity index (χ2n) is 13.3. The van der Waals surface area contributed by atoms with Gasteiger partial charge in [0.05, 0.1) is 21.3 Å². The van der Waals surface area contributed by atoms with Gasteiger partial charge < -0.3 is 4.42 Å². The summed E-state index contributed by atoms with van der Waals surface area (Å²) in [6, 6.07) is 56.9. The Kier molecular flexibility index (Phi) is 6.66. The van der Waals surface area contributed by atoms with Crippen molar-refractivity contribution in [3.05, 3.63) is 170 Å². The van der Waals surface area contributed by atoms with Gasteiger partial charge in [0, 0.05) is 43.9 Å². The molecule has 0 aliphatic heterocycles. The van der Waals surface area contributed by atoms with Crippen molar-refractivity contribution in [2.75, 3.05) is 0 Å². The average Bonchev–Trinajstić information content (AvgIpc) is 3.95. The van der Waals surface area contributed by atoms with Crippen molar-refractivity contribution in [3.8, 4) is 56.0 Å². The van der Waals surface area contributed by atoms with Crippen LogP contribution in [0.25, 0.3) is 104 Å². The Balaban J connectivity index is 0.968. The highest BCUT2D eigenvalue weighted by atomic mass is 32.1. The number of para-hydroxylation sites is 1. The zero-order valence-electron chi connectivity index (χ0n) is 28.3. The molecule has 0 saturated carbocycles. The highest BCUT2D eigenvalue weighted by Gasteiger charge is 2.21. The molecular formula is C47H28N4OS. The number of fused-ring (bicyclic) bond motifs is 8. The molecule has 0 radical (unpaired) electrons. The van der Waals surface area contributed by atoms with E-state index in [1.54, 1.807) is 11.3 Å². The number of hydrogen-bond acceptors (Lipinski definition) is 5. The van der Waals surface area contributed by atoms with E-state index in [1.165, 1.54) is 4.70 Å². The van der Waals surface area contributed by atoms with Gasteiger partial charge in [0.1, 0.15) is 5.58 Å². The van der Waals surface area contributed by atoms with E-state index >= 15 is 0 Å². The molecule has 5 aromatic heterocycles. The molecule has 0 amide bonds. The highest BCUT2D eigenvalue weighted by Crippen LogP contribution is 2.44. The van der Waals surface area contributed by atoms with Gasteiger partial charge >= 0.3 is 0 Å². The number of aromatic nitrogens is 4. The van der Waals surface area contributed by atoms with Crippen LogP contribution in [-0.2, 0) is 0 Å². The molecule has 0 N–H and O–H groups in total. The van der Waals surface area contributed by atoms with Crippen molar-refractivity contribution < 1.29 is 4.42 Å². The number of benzene rings is 6. The van der Waals surface area contributed by atoms with Gasteiger partial charge in [-0.1, -0.05) is 146 Å². The van der Waals surface area contributed by atoms with Crippen LogP contribution >= 0.6 is 11.3 Å². The Bertz CT molecular complexity index is 3140. The highest BCUT2D eigenvalue weighted by molar-refractivity contribution is 7.26. The number of rotatable bonds is 5. The summed E-state index contributed by atoms with van der Waals surface area (Å²) in [5.41, 5.74) is 13.2. The Morgan fingerprint density at radius 3 is 1.87 bits per heavy atom. The smallest absolute Gasteiger partial charge is 0.182 e. The lowest BCUT2D eigenvalue weighted by Gasteiger charge is -2.08. The van der Waals surface area contributed by atoms with E-state index in [-0.39, 0.29) is 0 Å². The third-order valence-electron chi connectivity index (χ3n) is 10.1. The van der Waals surface area contributed by atoms with Crippen molar-refractivity contribution in [2.45, 2.75) is 0 Å². The fourth-order valence-electron chi connectivity index (χ4n) is 7.47. The predicted octanol–water partition coefficient (Wildman–Crippen LogP) is 12.7. The summed E-state index contributed by atoms with van der Waals surface area (Å²) in [7, 11) is 0. The number of pyridine rings is 2. The van der Waals surface area contributed by atoms with Crippen molar-refractivity contribution >= 4 is 59.2 Å². The van der Waals surface area contributed by atoms with E-state index in [0.717, 1.165) is 93.4 Å². The lowest BCUT2D eigenvalue weighted by atomic mass is 9.99. The molecule has 6 aromatic carbocycles. The summed E-state index contributed by atoms with van der Waals surface area (Å²) >= 11 is 1.74. The molecule has 0 atom stereocenters. The molecule has 5 heterocycles. The van der Waals surface area contributed by atoms with Crippen LogP contribution in [0.5, 0.6) is 0 Å². The van der Waals surface area contributed by atoms with Gasteiger partial charge in [0.15, 0.2) is 17.1 Å². The number of furan rings is 1. The van der Waals surface area contributed by atoms with Crippen LogP contribution in [0.15, 0.2) is 174 Å². The number of nitrogens with zero attached hydrogens (tertiary/aromatic N) is 4. The molecule has 248 valence electrons. The predicted molar refractivity (Wildman–Crippen MR) is 218 cm³/mol. The lowest BCUT2D eigenvalue weighted by molar-refractivity contribution is 0.673. The first-order chi connectivity index (χ1) is 26.2. The SMILES string of the molecule is c1ccc(-c2cc(-c3ccccc3)c3nc(-c4ccc(-c5ccc(-c6nc7c8ccccc8sc7c7oc8ccccc8c67)cc5)cc4)nn3c2)cc1. The molecule has 0 fully saturated rings. The maximum Gasteiger partial charge on any atom is 0.182 e. The molecule has 0 aliphatic rings. The molecule has 53 heavy (non-hydrogen) atoms. The molecule has 11 rings (SSSR count). The molecule has 0 bridgehead atoms. The molecule has 0 saturated heterocycles. The molecule has 6 heteroatoms. The van der Waals surface area contributed by atoms with Gasteiger partial charge in [-0.05, 0) is 40.5 Å². The number of hydrogen-bond donors (Lipinski definition) is 0. The summed E-state index contributed by atoms with van der Waals surface area (Å²) in [6.45, 7) is 0. The van der Waals surface area contributed by atoms with Gasteiger partial charge in [0.25, 0.3) is 0 Å². The zero-order valence-corrected chi connectivity index (χ0v) is 29.1. The van der Waals surface area contributed by atoms with Crippen LogP contribution in [0.3, 0.4) is 0 Å². The average molecular weight is 697 g/mol. The third-order valence-corrected chi connectivity index (χ3v) is 11.3. The molecule has 5 nitrogen and oxygen atoms in total. The van der Waals surface area contributed by atoms with Crippen molar-refractivity contribution in [2.24, 2.45) is 0 Å². The minimum Gasteiger partial charge on any atom is -0.454 e. The molecule has 0 aliphatic carbocycles. The van der Waals surface area contributed by atoms with Crippen LogP contribution in [0.2, 0.25) is 0 Å². The van der Waals surface area contributed by atoms with E-state index in [1.807, 2.05) is 28.8 Å². The van der Waals surface area contributed by atoms with Crippen LogP contribution in [0.4, 0.5) is 0 Å². The molecular weight excluding hydrogens is 669 g/mol. The normalized spacial score (nSPS) is 11.8. The Hall–Kier alpha value is -6.89. The minimum absolute atomic E-state index is 0.688. The van der Waals surface area contributed by atoms with Gasteiger partial charge in [-0.3, -0.25) is 0 Å². The summed E-state index contributed by atoms with van der Waals surface area (Å²) in [6.07, 6.45) is 2.07. The third kappa shape index (κ3) is 4.88. The van der Waals surface area contributed by atoms with Crippen LogP contribution in [0.1, 0.15) is 0 Å². The first kappa shape index (κ1) is 29.8. The number of thiophene rings is 1. The van der Waals surface area contributed by atoms with Gasteiger partial charge in [-0.2, -0.15) is 0 Å². The summed E-state index contributed by atoms with van der Waals surface area (Å²) in [5, 5.41) is 8.27. The first-order valence-corrected chi connectivity index (χ1v) is 18.4. The van der Waals surface area contributed by atoms with E-state index in [0.29, 0.717) is 5.82 Å². The van der Waals surface area contributed by atoms with Crippen molar-refractivity contribution in [1.82, 2.24) is 19.6 Å². The van der Waals surface area contributed by atoms with E-state index in [4.69, 9.17) is 19.5 Å². The largest absolute Gasteiger partial charge is 0.454 e. The van der Waals surface area contributed by atoms with Crippen LogP contribution < -0.4 is 0 Å². The van der Waals surface area contributed by atoms with E-state index < -0.39 is 0 Å². The summed E-state index contributed by atoms with van der Waals surface area (Å²) < 4.78 is 10.7. The van der Waals surface area contributed by atoms with Crippen molar-refractivity contribution in [3.63, 3.8) is 0 Å². The van der Waals surface area contributed by atoms with Crippen molar-refractivity contribution in [1.29, 1.82) is 0 Å². The molecule has 0 spiro atoms. The van der Waals surface area contributed by atoms with E-state index in [2.05, 4.69) is 146 Å². The maximum atomic E-state index is 6.53. The monoisotopic (exact) mass is 696 g/mol. The zero-order chi connectivity index (χ0) is 34.9. The molecule has 0 unspecified atom stereocenters. The van der Waals surface area contributed by atoms with Gasteiger partial charge in [0.2, 0.25) is 0 Å². The second kappa shape index (κ2) is 11.8.